The molecule has 4 amide bonds. The van der Waals surface area contributed by atoms with Gasteiger partial charge in [0.15, 0.2) is 0 Å². The van der Waals surface area contributed by atoms with Crippen LogP contribution in [0.5, 0.6) is 0 Å². The summed E-state index contributed by atoms with van der Waals surface area (Å²) in [5.41, 5.74) is 43.7. The number of carbonyl (C=O) groups is 4. The van der Waals surface area contributed by atoms with Crippen LogP contribution in [0.3, 0.4) is 0 Å². The Morgan fingerprint density at radius 1 is 0.387 bits per heavy atom. The van der Waals surface area contributed by atoms with Gasteiger partial charge in [-0.15, -0.1) is 11.3 Å². The van der Waals surface area contributed by atoms with Gasteiger partial charge >= 0.3 is 0 Å². The first-order valence-electron chi connectivity index (χ1n) is 48.7. The first-order valence-corrected chi connectivity index (χ1v) is 49.5. The molecule has 5 aliphatic rings. The van der Waals surface area contributed by atoms with E-state index in [9.17, 15) is 32.3 Å². The third-order valence-electron chi connectivity index (χ3n) is 25.8. The van der Waals surface area contributed by atoms with Crippen molar-refractivity contribution in [2.45, 2.75) is 155 Å². The zero-order chi connectivity index (χ0) is 98.9. The van der Waals surface area contributed by atoms with E-state index in [1.54, 1.807) is 97.1 Å². The molecule has 9 aromatic carbocycles. The molecule has 142 heavy (non-hydrogen) atoms. The topological polar surface area (TPSA) is 354 Å². The highest BCUT2D eigenvalue weighted by molar-refractivity contribution is 7.09. The van der Waals surface area contributed by atoms with Crippen LogP contribution in [-0.2, 0) is 26.2 Å². The number of hydrogen-bond acceptors (Lipinski definition) is 18. The second-order valence-electron chi connectivity index (χ2n) is 37.3. The lowest BCUT2D eigenvalue weighted by atomic mass is 9.86. The predicted molar refractivity (Wildman–Crippen MR) is 554 cm³/mol. The number of allylic oxidation sites excluding steroid dienone is 4. The molecule has 29 heteroatoms. The Labute approximate surface area is 829 Å². The summed E-state index contributed by atoms with van der Waals surface area (Å²) >= 11 is 1.55. The molecule has 15 aromatic rings. The number of aryl methyl sites for hydroxylation is 5. The number of halogens is 3. The summed E-state index contributed by atoms with van der Waals surface area (Å²) < 4.78 is 51.0. The highest BCUT2D eigenvalue weighted by atomic mass is 32.1. The maximum absolute atomic E-state index is 15.0. The van der Waals surface area contributed by atoms with Crippen molar-refractivity contribution in [1.82, 2.24) is 65.0 Å². The summed E-state index contributed by atoms with van der Waals surface area (Å²) in [6, 6.07) is 73.7. The average Bonchev–Trinajstić information content (AvgIpc) is 1.62. The fraction of sp³-hybridized carbons (Fsp3) is 0.274. The molecular formula is C113H120F3N21O4S. The van der Waals surface area contributed by atoms with Gasteiger partial charge in [-0.3, -0.25) is 24.2 Å². The van der Waals surface area contributed by atoms with Crippen LogP contribution < -0.4 is 60.2 Å². The normalized spacial score (nSPS) is 14.5. The second kappa shape index (κ2) is 46.3. The van der Waals surface area contributed by atoms with Crippen molar-refractivity contribution >= 4 is 57.7 Å². The predicted octanol–water partition coefficient (Wildman–Crippen LogP) is 20.6. The van der Waals surface area contributed by atoms with Gasteiger partial charge in [0.2, 0.25) is 0 Å². The molecule has 5 aliphatic carbocycles. The van der Waals surface area contributed by atoms with Gasteiger partial charge in [-0.05, 0) is 325 Å². The van der Waals surface area contributed by atoms with E-state index >= 15 is 0 Å². The summed E-state index contributed by atoms with van der Waals surface area (Å²) in [5.74, 6) is 0.289. The molecular weight excluding hydrogens is 1800 g/mol. The number of aromatic nitrogens is 10. The van der Waals surface area contributed by atoms with Crippen LogP contribution in [0.4, 0.5) is 35.9 Å². The Balaban J connectivity index is 0.000000130. The van der Waals surface area contributed by atoms with Crippen molar-refractivity contribution in [2.75, 3.05) is 40.9 Å². The van der Waals surface area contributed by atoms with Gasteiger partial charge in [-0.2, -0.15) is 20.4 Å². The fourth-order valence-corrected chi connectivity index (χ4v) is 18.3. The van der Waals surface area contributed by atoms with Crippen LogP contribution in [-0.4, -0.2) is 92.4 Å². The third-order valence-corrected chi connectivity index (χ3v) is 26.7. The van der Waals surface area contributed by atoms with E-state index in [0.717, 1.165) is 122 Å². The van der Waals surface area contributed by atoms with Crippen LogP contribution >= 0.6 is 11.3 Å². The number of thiazole rings is 1. The molecule has 0 spiro atoms. The number of nitrogens with one attached hydrogen (secondary N) is 7. The molecule has 25 nitrogen and oxygen atoms in total. The lowest BCUT2D eigenvalue weighted by molar-refractivity contribution is 0.101. The number of carbonyl (C=O) groups excluding carboxylic acids is 4. The average molecular weight is 1930 g/mol. The van der Waals surface area contributed by atoms with Gasteiger partial charge in [0.05, 0.1) is 86.4 Å². The number of hydrogen-bond donors (Lipinski definition) is 11. The zero-order valence-corrected chi connectivity index (χ0v) is 81.2. The van der Waals surface area contributed by atoms with Crippen molar-refractivity contribution < 1.29 is 32.3 Å². The van der Waals surface area contributed by atoms with Crippen molar-refractivity contribution in [3.63, 3.8) is 0 Å². The van der Waals surface area contributed by atoms with Gasteiger partial charge in [-0.1, -0.05) is 146 Å². The van der Waals surface area contributed by atoms with E-state index in [0.29, 0.717) is 101 Å². The first-order chi connectivity index (χ1) is 69.0. The zero-order valence-electron chi connectivity index (χ0n) is 80.4. The molecule has 4 atom stereocenters. The van der Waals surface area contributed by atoms with Gasteiger partial charge in [0.1, 0.15) is 45.2 Å². The number of benzene rings is 9. The quantitative estimate of drug-likeness (QED) is 0.0174. The highest BCUT2D eigenvalue weighted by Crippen LogP contribution is 2.42. The van der Waals surface area contributed by atoms with Crippen molar-refractivity contribution in [3.05, 3.63) is 414 Å². The van der Waals surface area contributed by atoms with Gasteiger partial charge in [0.25, 0.3) is 23.6 Å². The number of nitrogens with zero attached hydrogens (tertiary/aromatic N) is 10. The van der Waals surface area contributed by atoms with E-state index in [2.05, 4.69) is 123 Å². The first kappa shape index (κ1) is 99.1. The molecule has 728 valence electrons. The molecule has 4 unspecified atom stereocenters. The minimum atomic E-state index is -0.512. The Kier molecular flexibility index (Phi) is 32.3. The molecule has 4 saturated carbocycles. The van der Waals surface area contributed by atoms with Gasteiger partial charge in [-0.25, -0.2) is 36.9 Å². The van der Waals surface area contributed by atoms with E-state index in [1.165, 1.54) is 87.1 Å². The van der Waals surface area contributed by atoms with Crippen molar-refractivity contribution in [3.8, 4) is 22.7 Å². The maximum Gasteiger partial charge on any atom is 0.274 e. The van der Waals surface area contributed by atoms with Crippen LogP contribution in [0.25, 0.3) is 22.7 Å². The molecule has 6 aromatic heterocycles. The van der Waals surface area contributed by atoms with Crippen molar-refractivity contribution in [1.29, 1.82) is 0 Å². The lowest BCUT2D eigenvalue weighted by Crippen LogP contribution is -2.25. The number of pyridine rings is 1. The Hall–Kier alpha value is -14.5. The third kappa shape index (κ3) is 25.8. The summed E-state index contributed by atoms with van der Waals surface area (Å²) in [6.45, 7) is 13.6. The summed E-state index contributed by atoms with van der Waals surface area (Å²) in [4.78, 5) is 62.3. The molecule has 4 fully saturated rings. The maximum atomic E-state index is 15.0. The largest absolute Gasteiger partial charge is 0.326 e. The minimum Gasteiger partial charge on any atom is -0.326 e. The second-order valence-corrected chi connectivity index (χ2v) is 38.2. The molecule has 6 heterocycles. The SMILES string of the molecule is Cc1cc(C(=O)Nc2cc(C(NCC3CC3)c3ccccn3)ccc2F)n(-c2cccc(CN)c2)n1.Cc1cc(C(=O)Nc2cc(C(NCC3CC3)c3nccs3)ccc2F)n(-c2cccc(CN)c2)n1.Cc1cc(C(=O)Nc2cccc(C(CCC3CC3)C3=CCC=C3)c2)n(-c2cccc(CN)c2)n1.Cc1cccc(C(NCC2CC2)c2ccc(F)c(NC(=O)c3cc(C)nn3-c3cccc(CN)c3)c2)c1. The van der Waals surface area contributed by atoms with Crippen LogP contribution in [0.2, 0.25) is 0 Å². The van der Waals surface area contributed by atoms with Crippen molar-refractivity contribution in [2.24, 2.45) is 46.6 Å². The molecule has 0 saturated heterocycles. The van der Waals surface area contributed by atoms with Crippen LogP contribution in [0.1, 0.15) is 226 Å². The van der Waals surface area contributed by atoms with Crippen LogP contribution in [0.15, 0.2) is 284 Å². The summed E-state index contributed by atoms with van der Waals surface area (Å²) in [6.07, 6.45) is 23.9. The molecule has 0 bridgehead atoms. The Bertz CT molecular complexity index is 7030. The smallest absolute Gasteiger partial charge is 0.274 e. The van der Waals surface area contributed by atoms with Gasteiger partial charge < -0.3 is 60.2 Å². The number of nitrogens with two attached hydrogens (primary N) is 4. The Morgan fingerprint density at radius 3 is 1.18 bits per heavy atom. The molecule has 15 N–H and O–H groups in total. The molecule has 0 radical (unpaired) electrons. The molecule has 0 aliphatic heterocycles. The Morgan fingerprint density at radius 2 is 0.782 bits per heavy atom. The molecule has 20 rings (SSSR count). The monoisotopic (exact) mass is 1920 g/mol. The fourth-order valence-electron chi connectivity index (χ4n) is 17.6. The van der Waals surface area contributed by atoms with E-state index < -0.39 is 35.2 Å². The summed E-state index contributed by atoms with van der Waals surface area (Å²) in [5, 5.41) is 43.0. The lowest BCUT2D eigenvalue weighted by Gasteiger charge is -2.21. The van der Waals surface area contributed by atoms with Crippen LogP contribution in [0, 0.1) is 75.7 Å². The minimum absolute atomic E-state index is 0.104. The van der Waals surface area contributed by atoms with E-state index in [-0.39, 0.29) is 41.1 Å². The number of rotatable bonds is 36. The highest BCUT2D eigenvalue weighted by Gasteiger charge is 2.32. The summed E-state index contributed by atoms with van der Waals surface area (Å²) in [7, 11) is 0. The van der Waals surface area contributed by atoms with E-state index in [4.69, 9.17) is 22.9 Å². The number of anilines is 4. The standard InChI is InChI=1S/C30H32FN5O.C29H32N4O.C28H29FN6O.C26H27FN6OS/c1-19-5-3-7-23(13-19)29(33-18-21-9-10-21)24-11-12-26(31)27(16-24)34-30(37)28-14-20(2)35-36(28)25-8-4-6-22(15-25)17-32;1-20-16-28(33(32-20)26-11-4-6-22(17-26)19-30)29(34)31-25-10-5-9-24(18-25)27(15-14-21-12-13-21)23-7-2-3-8-23;1-18-13-26(35(34-18)22-6-4-5-20(14-22)16-30)28(36)33-25-15-21(10-11-23(25)29)27(32-17-19-8-9-19)24-7-2-3-12-31-24;1-16-11-23(33(32-16)20-4-2-3-18(12-20)14-28)25(34)31-22-13-19(7-8-21(22)27)24(26-29-9-10-35-26)30-15-17-5-6-17/h3-8,11-16,21,29,33H,9-10,17-18,32H2,1-2H3,(H,34,37);2,4-11,16-18,21,27H,3,12-15,19,30H2,1H3,(H,31,34);2-7,10-15,19,27,32H,8-9,16-17,30H2,1H3,(H,33,36);2-4,7-13,17,24,30H,5-6,14-15,28H2,1H3,(H,31,34). The van der Waals surface area contributed by atoms with E-state index in [1.807, 2.05) is 173 Å². The van der Waals surface area contributed by atoms with Gasteiger partial charge in [0, 0.05) is 55.6 Å². The number of amides is 4.